The molecule has 0 radical (unpaired) electrons. The molecule has 0 N–H and O–H groups in total. The first-order valence-electron chi connectivity index (χ1n) is 4.73. The minimum absolute atomic E-state index is 0.00139. The molecular formula is C9H15NO2S. The molecule has 1 aliphatic rings. The molecule has 0 saturated carbocycles. The van der Waals surface area contributed by atoms with E-state index in [-0.39, 0.29) is 12.5 Å². The van der Waals surface area contributed by atoms with Gasteiger partial charge < -0.3 is 4.74 Å². The Morgan fingerprint density at radius 2 is 2.23 bits per heavy atom. The fourth-order valence-electron chi connectivity index (χ4n) is 1.29. The summed E-state index contributed by atoms with van der Waals surface area (Å²) in [5.41, 5.74) is 0. The summed E-state index contributed by atoms with van der Waals surface area (Å²) >= 11 is 4.88. The van der Waals surface area contributed by atoms with E-state index in [1.54, 1.807) is 4.90 Å². The number of nitrogens with zero attached hydrogens (tertiary/aromatic N) is 1. The van der Waals surface area contributed by atoms with Crippen molar-refractivity contribution in [1.82, 2.24) is 4.90 Å². The van der Waals surface area contributed by atoms with Crippen molar-refractivity contribution in [3.05, 3.63) is 0 Å². The second kappa shape index (κ2) is 5.17. The van der Waals surface area contributed by atoms with Crippen molar-refractivity contribution in [3.8, 4) is 0 Å². The Morgan fingerprint density at radius 3 is 2.77 bits per heavy atom. The molecule has 0 unspecified atom stereocenters. The minimum Gasteiger partial charge on any atom is -0.460 e. The third-order valence-corrected chi connectivity index (χ3v) is 2.41. The van der Waals surface area contributed by atoms with Crippen molar-refractivity contribution in [2.45, 2.75) is 32.6 Å². The van der Waals surface area contributed by atoms with Crippen LogP contribution in [0.2, 0.25) is 0 Å². The standard InChI is InChI=1S/C9H15NO2S/c1-2-3-4-5-6-10-8(11)7-12-9(10)13/h2-7H2,1H3. The molecule has 0 spiro atoms. The van der Waals surface area contributed by atoms with Crippen molar-refractivity contribution in [1.29, 1.82) is 0 Å². The van der Waals surface area contributed by atoms with Gasteiger partial charge in [-0.3, -0.25) is 9.69 Å². The molecule has 0 aliphatic carbocycles. The van der Waals surface area contributed by atoms with Crippen molar-refractivity contribution < 1.29 is 9.53 Å². The number of thiocarbonyl (C=S) groups is 1. The molecule has 1 rings (SSSR count). The summed E-state index contributed by atoms with van der Waals surface area (Å²) in [6.45, 7) is 3.01. The summed E-state index contributed by atoms with van der Waals surface area (Å²) in [5, 5.41) is 0.349. The topological polar surface area (TPSA) is 29.5 Å². The fraction of sp³-hybridized carbons (Fsp3) is 0.778. The SMILES string of the molecule is CCCCCCN1C(=O)COC1=S. The zero-order chi connectivity index (χ0) is 9.68. The van der Waals surface area contributed by atoms with Gasteiger partial charge in [0.15, 0.2) is 6.61 Å². The highest BCUT2D eigenvalue weighted by atomic mass is 32.1. The normalized spacial score (nSPS) is 16.5. The van der Waals surface area contributed by atoms with Crippen LogP contribution < -0.4 is 0 Å². The highest BCUT2D eigenvalue weighted by Gasteiger charge is 2.26. The molecule has 0 bridgehead atoms. The molecule has 0 aromatic rings. The molecule has 1 aliphatic heterocycles. The van der Waals surface area contributed by atoms with E-state index in [4.69, 9.17) is 17.0 Å². The van der Waals surface area contributed by atoms with Crippen molar-refractivity contribution in [3.63, 3.8) is 0 Å². The van der Waals surface area contributed by atoms with E-state index in [1.807, 2.05) is 0 Å². The van der Waals surface area contributed by atoms with Crippen LogP contribution in [0, 0.1) is 0 Å². The highest BCUT2D eigenvalue weighted by Crippen LogP contribution is 2.08. The zero-order valence-electron chi connectivity index (χ0n) is 7.91. The Bertz CT molecular complexity index is 190. The van der Waals surface area contributed by atoms with Crippen molar-refractivity contribution in [2.75, 3.05) is 13.2 Å². The van der Waals surface area contributed by atoms with E-state index in [0.717, 1.165) is 19.4 Å². The van der Waals surface area contributed by atoms with E-state index < -0.39 is 0 Å². The lowest BCUT2D eigenvalue weighted by Crippen LogP contribution is -2.29. The Hall–Kier alpha value is -0.640. The second-order valence-electron chi connectivity index (χ2n) is 3.16. The van der Waals surface area contributed by atoms with Gasteiger partial charge in [0.25, 0.3) is 11.1 Å². The van der Waals surface area contributed by atoms with Gasteiger partial charge in [0.2, 0.25) is 0 Å². The molecule has 74 valence electrons. The van der Waals surface area contributed by atoms with Gasteiger partial charge in [-0.05, 0) is 18.6 Å². The number of hydrogen-bond donors (Lipinski definition) is 0. The highest BCUT2D eigenvalue weighted by molar-refractivity contribution is 7.80. The van der Waals surface area contributed by atoms with E-state index in [1.165, 1.54) is 12.8 Å². The lowest BCUT2D eigenvalue weighted by molar-refractivity contribution is -0.125. The molecule has 4 heteroatoms. The van der Waals surface area contributed by atoms with Gasteiger partial charge in [0.05, 0.1) is 0 Å². The van der Waals surface area contributed by atoms with Crippen LogP contribution in [-0.2, 0) is 9.53 Å². The van der Waals surface area contributed by atoms with Gasteiger partial charge in [-0.15, -0.1) is 0 Å². The maximum atomic E-state index is 11.2. The van der Waals surface area contributed by atoms with Gasteiger partial charge >= 0.3 is 0 Å². The number of ether oxygens (including phenoxy) is 1. The molecule has 1 fully saturated rings. The summed E-state index contributed by atoms with van der Waals surface area (Å²) in [4.78, 5) is 12.7. The van der Waals surface area contributed by atoms with Gasteiger partial charge in [0.1, 0.15) is 0 Å². The van der Waals surface area contributed by atoms with Crippen LogP contribution in [0.15, 0.2) is 0 Å². The average Bonchev–Trinajstić information content (AvgIpc) is 2.42. The predicted octanol–water partition coefficient (Wildman–Crippen LogP) is 1.71. The van der Waals surface area contributed by atoms with Gasteiger partial charge in [-0.1, -0.05) is 26.2 Å². The Kier molecular flexibility index (Phi) is 4.15. The third-order valence-electron chi connectivity index (χ3n) is 2.08. The summed E-state index contributed by atoms with van der Waals surface area (Å²) in [6, 6.07) is 0. The lowest BCUT2D eigenvalue weighted by atomic mass is 10.2. The molecule has 3 nitrogen and oxygen atoms in total. The van der Waals surface area contributed by atoms with Crippen LogP contribution in [0.1, 0.15) is 32.6 Å². The number of carbonyl (C=O) groups is 1. The molecule has 0 aromatic heterocycles. The Labute approximate surface area is 84.0 Å². The van der Waals surface area contributed by atoms with Gasteiger partial charge in [-0.2, -0.15) is 0 Å². The summed E-state index contributed by atoms with van der Waals surface area (Å²) < 4.78 is 4.94. The molecule has 13 heavy (non-hydrogen) atoms. The summed E-state index contributed by atoms with van der Waals surface area (Å²) in [6.07, 6.45) is 4.59. The molecule has 0 atom stereocenters. The van der Waals surface area contributed by atoms with Crippen LogP contribution >= 0.6 is 12.2 Å². The number of unbranched alkanes of at least 4 members (excludes halogenated alkanes) is 3. The Morgan fingerprint density at radius 1 is 1.46 bits per heavy atom. The van der Waals surface area contributed by atoms with Crippen LogP contribution in [0.4, 0.5) is 0 Å². The van der Waals surface area contributed by atoms with Gasteiger partial charge in [-0.25, -0.2) is 0 Å². The van der Waals surface area contributed by atoms with E-state index in [9.17, 15) is 4.79 Å². The third kappa shape index (κ3) is 2.95. The van der Waals surface area contributed by atoms with Crippen LogP contribution in [0.3, 0.4) is 0 Å². The smallest absolute Gasteiger partial charge is 0.267 e. The van der Waals surface area contributed by atoms with E-state index >= 15 is 0 Å². The first-order chi connectivity index (χ1) is 6.25. The molecule has 1 heterocycles. The number of carbonyl (C=O) groups excluding carboxylic acids is 1. The largest absolute Gasteiger partial charge is 0.460 e. The predicted molar refractivity (Wildman–Crippen MR) is 54.4 cm³/mol. The van der Waals surface area contributed by atoms with Crippen LogP contribution in [0.5, 0.6) is 0 Å². The molecular weight excluding hydrogens is 186 g/mol. The molecule has 0 aromatic carbocycles. The quantitative estimate of drug-likeness (QED) is 0.501. The van der Waals surface area contributed by atoms with Gasteiger partial charge in [0, 0.05) is 6.54 Å². The number of amides is 1. The molecule has 1 amide bonds. The van der Waals surface area contributed by atoms with Crippen molar-refractivity contribution in [2.24, 2.45) is 0 Å². The van der Waals surface area contributed by atoms with E-state index in [0.29, 0.717) is 5.17 Å². The monoisotopic (exact) mass is 201 g/mol. The fourth-order valence-corrected chi connectivity index (χ4v) is 1.55. The average molecular weight is 201 g/mol. The molecule has 1 saturated heterocycles. The first kappa shape index (κ1) is 10.4. The zero-order valence-corrected chi connectivity index (χ0v) is 8.73. The van der Waals surface area contributed by atoms with Crippen LogP contribution in [0.25, 0.3) is 0 Å². The summed E-state index contributed by atoms with van der Waals surface area (Å²) in [7, 11) is 0. The number of rotatable bonds is 5. The Balaban J connectivity index is 2.20. The first-order valence-corrected chi connectivity index (χ1v) is 5.13. The van der Waals surface area contributed by atoms with Crippen LogP contribution in [-0.4, -0.2) is 29.1 Å². The van der Waals surface area contributed by atoms with E-state index in [2.05, 4.69) is 6.92 Å². The second-order valence-corrected chi connectivity index (χ2v) is 3.51. The number of hydrogen-bond acceptors (Lipinski definition) is 3. The lowest BCUT2D eigenvalue weighted by Gasteiger charge is -2.11. The maximum absolute atomic E-state index is 11.2. The van der Waals surface area contributed by atoms with Crippen molar-refractivity contribution >= 4 is 23.3 Å². The minimum atomic E-state index is 0.00139. The summed E-state index contributed by atoms with van der Waals surface area (Å²) in [5.74, 6) is 0.00139. The maximum Gasteiger partial charge on any atom is 0.267 e.